The number of imide groups is 1. The van der Waals surface area contributed by atoms with Gasteiger partial charge in [0.25, 0.3) is 11.8 Å². The predicted octanol–water partition coefficient (Wildman–Crippen LogP) is 4.24. The third-order valence-corrected chi connectivity index (χ3v) is 6.45. The summed E-state index contributed by atoms with van der Waals surface area (Å²) in [6.45, 7) is 6.21. The van der Waals surface area contributed by atoms with Crippen LogP contribution in [0.25, 0.3) is 33.0 Å². The van der Waals surface area contributed by atoms with E-state index in [4.69, 9.17) is 9.26 Å². The van der Waals surface area contributed by atoms with Crippen molar-refractivity contribution in [3.05, 3.63) is 65.2 Å². The van der Waals surface area contributed by atoms with Crippen LogP contribution in [0.3, 0.4) is 0 Å². The van der Waals surface area contributed by atoms with Crippen LogP contribution in [-0.2, 0) is 27.4 Å². The molecule has 0 saturated carbocycles. The Morgan fingerprint density at radius 2 is 1.84 bits per heavy atom. The number of aromatic nitrogens is 2. The maximum absolute atomic E-state index is 14.9. The van der Waals surface area contributed by atoms with Crippen molar-refractivity contribution in [2.45, 2.75) is 39.5 Å². The van der Waals surface area contributed by atoms with Crippen LogP contribution in [0.2, 0.25) is 0 Å². The summed E-state index contributed by atoms with van der Waals surface area (Å²) in [6, 6.07) is 9.77. The molecule has 3 amide bonds. The van der Waals surface area contributed by atoms with Crippen molar-refractivity contribution in [3.63, 3.8) is 0 Å². The second-order valence-corrected chi connectivity index (χ2v) is 10.2. The molecule has 2 aliphatic heterocycles. The van der Waals surface area contributed by atoms with Crippen LogP contribution in [0.4, 0.5) is 9.18 Å². The fraction of sp³-hybridized carbons (Fsp3) is 0.259. The van der Waals surface area contributed by atoms with E-state index in [9.17, 15) is 18.8 Å². The third kappa shape index (κ3) is 3.76. The molecule has 0 fully saturated rings. The number of hydrogen-bond acceptors (Lipinski definition) is 6. The maximum Gasteiger partial charge on any atom is 0.410 e. The molecule has 6 rings (SSSR count). The molecule has 37 heavy (non-hydrogen) atoms. The molecule has 4 heterocycles. The molecule has 2 aromatic heterocycles. The fourth-order valence-corrected chi connectivity index (χ4v) is 4.99. The van der Waals surface area contributed by atoms with Crippen molar-refractivity contribution in [1.29, 1.82) is 0 Å². The number of amides is 3. The molecule has 1 N–H and O–H groups in total. The average Bonchev–Trinajstić information content (AvgIpc) is 3.43. The molecule has 188 valence electrons. The quantitative estimate of drug-likeness (QED) is 0.411. The van der Waals surface area contributed by atoms with Crippen LogP contribution in [0.1, 0.15) is 37.6 Å². The fourth-order valence-electron chi connectivity index (χ4n) is 4.99. The lowest BCUT2D eigenvalue weighted by Crippen LogP contribution is -2.37. The Labute approximate surface area is 210 Å². The van der Waals surface area contributed by atoms with Gasteiger partial charge >= 0.3 is 6.09 Å². The Hall–Kier alpha value is -4.47. The van der Waals surface area contributed by atoms with Crippen molar-refractivity contribution < 1.29 is 28.0 Å². The summed E-state index contributed by atoms with van der Waals surface area (Å²) in [4.78, 5) is 40.3. The minimum atomic E-state index is -0.667. The van der Waals surface area contributed by atoms with Gasteiger partial charge < -0.3 is 18.7 Å². The number of nitrogens with zero attached hydrogens (tertiary/aromatic N) is 3. The van der Waals surface area contributed by atoms with E-state index in [2.05, 4.69) is 10.5 Å². The Balaban J connectivity index is 1.52. The number of nitrogens with one attached hydrogen (secondary N) is 1. The molecule has 0 unspecified atom stereocenters. The number of rotatable bonds is 2. The first-order valence-corrected chi connectivity index (χ1v) is 11.8. The number of carbonyl (C=O) groups is 3. The number of carbonyl (C=O) groups excluding carboxylic acids is 3. The largest absolute Gasteiger partial charge is 0.444 e. The lowest BCUT2D eigenvalue weighted by molar-refractivity contribution is -0.122. The van der Waals surface area contributed by atoms with Gasteiger partial charge in [-0.1, -0.05) is 17.3 Å². The molecular weight excluding hydrogens is 479 g/mol. The highest BCUT2D eigenvalue weighted by Gasteiger charge is 2.37. The Kier molecular flexibility index (Phi) is 4.98. The minimum Gasteiger partial charge on any atom is -0.444 e. The van der Waals surface area contributed by atoms with Gasteiger partial charge in [-0.2, -0.15) is 0 Å². The van der Waals surface area contributed by atoms with Crippen LogP contribution >= 0.6 is 0 Å². The van der Waals surface area contributed by atoms with Crippen molar-refractivity contribution in [1.82, 2.24) is 19.9 Å². The van der Waals surface area contributed by atoms with Gasteiger partial charge in [0.2, 0.25) is 0 Å². The smallest absolute Gasteiger partial charge is 0.410 e. The summed E-state index contributed by atoms with van der Waals surface area (Å²) in [5.74, 6) is -1.71. The normalized spacial score (nSPS) is 16.1. The van der Waals surface area contributed by atoms with Gasteiger partial charge in [0.1, 0.15) is 17.1 Å². The lowest BCUT2D eigenvalue weighted by atomic mass is 9.96. The first-order chi connectivity index (χ1) is 17.6. The van der Waals surface area contributed by atoms with E-state index in [0.717, 1.165) is 0 Å². The molecule has 0 radical (unpaired) electrons. The lowest BCUT2D eigenvalue weighted by Gasteiger charge is -2.26. The van der Waals surface area contributed by atoms with Crippen LogP contribution in [0.15, 0.2) is 47.1 Å². The van der Waals surface area contributed by atoms with Gasteiger partial charge in [-0.3, -0.25) is 14.9 Å². The number of fused-ring (bicyclic) bond motifs is 1. The van der Waals surface area contributed by atoms with Gasteiger partial charge in [-0.25, -0.2) is 9.18 Å². The van der Waals surface area contributed by atoms with Crippen molar-refractivity contribution in [2.75, 3.05) is 6.54 Å². The van der Waals surface area contributed by atoms with E-state index in [1.165, 1.54) is 17.0 Å². The van der Waals surface area contributed by atoms with Gasteiger partial charge in [0, 0.05) is 35.6 Å². The van der Waals surface area contributed by atoms with Crippen molar-refractivity contribution in [2.24, 2.45) is 0 Å². The number of halogens is 1. The summed E-state index contributed by atoms with van der Waals surface area (Å²) in [5, 5.41) is 7.49. The highest BCUT2D eigenvalue weighted by Crippen LogP contribution is 2.39. The van der Waals surface area contributed by atoms with Crippen LogP contribution in [-0.4, -0.2) is 44.7 Å². The highest BCUT2D eigenvalue weighted by atomic mass is 19.1. The summed E-state index contributed by atoms with van der Waals surface area (Å²) in [6.07, 6.45) is 1.24. The average molecular weight is 503 g/mol. The second kappa shape index (κ2) is 8.02. The molecule has 9 nitrogen and oxygen atoms in total. The van der Waals surface area contributed by atoms with Crippen LogP contribution in [0.5, 0.6) is 0 Å². The summed E-state index contributed by atoms with van der Waals surface area (Å²) < 4.78 is 27.7. The first-order valence-electron chi connectivity index (χ1n) is 11.8. The van der Waals surface area contributed by atoms with Crippen molar-refractivity contribution >= 4 is 50.9 Å². The standard InChI is InChI=1S/C27H23FN4O5/c1-27(2,3)36-26(35)32-9-8-31-13-18(17-11-15(28)10-14(12-32)23(17)31)20-21(25(34)29-24(20)33)22-16-6-4-5-7-19(16)37-30-22/h4-7,10-11,13H,8-9,12H2,1-3H3,(H,29,33,34). The zero-order valence-electron chi connectivity index (χ0n) is 20.4. The van der Waals surface area contributed by atoms with Crippen LogP contribution < -0.4 is 5.32 Å². The van der Waals surface area contributed by atoms with Crippen LogP contribution in [0, 0.1) is 5.82 Å². The Bertz CT molecular complexity index is 1670. The predicted molar refractivity (Wildman–Crippen MR) is 133 cm³/mol. The highest BCUT2D eigenvalue weighted by molar-refractivity contribution is 6.50. The molecule has 4 aromatic rings. The maximum atomic E-state index is 14.9. The Morgan fingerprint density at radius 1 is 1.08 bits per heavy atom. The molecule has 2 aliphatic rings. The number of hydrogen-bond donors (Lipinski definition) is 1. The molecule has 0 saturated heterocycles. The zero-order valence-corrected chi connectivity index (χ0v) is 20.4. The van der Waals surface area contributed by atoms with Gasteiger partial charge in [-0.05, 0) is 50.6 Å². The van der Waals surface area contributed by atoms with Gasteiger partial charge in [-0.15, -0.1) is 0 Å². The van der Waals surface area contributed by atoms with E-state index in [1.54, 1.807) is 51.2 Å². The van der Waals surface area contributed by atoms with E-state index >= 15 is 0 Å². The van der Waals surface area contributed by atoms with E-state index in [-0.39, 0.29) is 23.4 Å². The Morgan fingerprint density at radius 3 is 2.62 bits per heavy atom. The van der Waals surface area contributed by atoms with Gasteiger partial charge in [0.15, 0.2) is 5.58 Å². The third-order valence-electron chi connectivity index (χ3n) is 6.45. The monoisotopic (exact) mass is 502 g/mol. The van der Waals surface area contributed by atoms with E-state index < -0.39 is 29.3 Å². The van der Waals surface area contributed by atoms with E-state index in [0.29, 0.717) is 46.1 Å². The topological polar surface area (TPSA) is 107 Å². The summed E-state index contributed by atoms with van der Waals surface area (Å²) in [7, 11) is 0. The molecule has 0 atom stereocenters. The molecule has 2 aromatic carbocycles. The second-order valence-electron chi connectivity index (χ2n) is 10.2. The number of benzene rings is 2. The van der Waals surface area contributed by atoms with E-state index in [1.807, 2.05) is 4.57 Å². The summed E-state index contributed by atoms with van der Waals surface area (Å²) >= 11 is 0. The molecule has 0 spiro atoms. The number of para-hydroxylation sites is 1. The first kappa shape index (κ1) is 23.0. The number of ether oxygens (including phenoxy) is 1. The minimum absolute atomic E-state index is 0.0762. The zero-order chi connectivity index (χ0) is 26.1. The van der Waals surface area contributed by atoms with Crippen molar-refractivity contribution in [3.8, 4) is 0 Å². The molecular formula is C27H23FN4O5. The molecule has 10 heteroatoms. The van der Waals surface area contributed by atoms with Gasteiger partial charge in [0.05, 0.1) is 23.2 Å². The summed E-state index contributed by atoms with van der Waals surface area (Å²) in [5.41, 5.74) is 1.90. The molecule has 0 aliphatic carbocycles. The SMILES string of the molecule is CC(C)(C)OC(=O)N1CCn2cc(C3=C(c4noc5ccccc45)C(=O)NC3=O)c3cc(F)cc(c32)C1. The molecule has 0 bridgehead atoms.